The van der Waals surface area contributed by atoms with Crippen molar-refractivity contribution in [3.8, 4) is 0 Å². The van der Waals surface area contributed by atoms with Crippen molar-refractivity contribution >= 4 is 11.8 Å². The standard InChI is InChI=1S/C26H37NS.2C2H6/c1-9-20(6)25(18-23(10-2)26(11-3)28-12-4)17-21(7)27-22(8)24-15-13-19(5)14-16-24;2*1-2/h9-12,17-19,24,27H,1,4,6,8,13-16H2,2-3,5,7H3;2*1-2H3/b21-17+,23-10+,25-18-,26-11-;;. The first kappa shape index (κ1) is 32.3. The van der Waals surface area contributed by atoms with Crippen LogP contribution in [0.15, 0.2) is 95.1 Å². The van der Waals surface area contributed by atoms with E-state index in [0.29, 0.717) is 5.92 Å². The maximum Gasteiger partial charge on any atom is 0.0142 e. The molecule has 180 valence electrons. The molecule has 0 aromatic carbocycles. The molecule has 32 heavy (non-hydrogen) atoms. The number of rotatable bonds is 10. The van der Waals surface area contributed by atoms with Crippen molar-refractivity contribution in [2.75, 3.05) is 0 Å². The van der Waals surface area contributed by atoms with Gasteiger partial charge in [0.2, 0.25) is 0 Å². The Bertz CT molecular complexity index is 707. The second-order valence-electron chi connectivity index (χ2n) is 7.44. The molecule has 0 aromatic heterocycles. The van der Waals surface area contributed by atoms with Crippen LogP contribution < -0.4 is 5.32 Å². The summed E-state index contributed by atoms with van der Waals surface area (Å²) < 4.78 is 0. The fraction of sp³-hybridized carbons (Fsp3) is 0.467. The second-order valence-corrected chi connectivity index (χ2v) is 8.45. The summed E-state index contributed by atoms with van der Waals surface area (Å²) in [7, 11) is 0. The Morgan fingerprint density at radius 3 is 1.88 bits per heavy atom. The molecule has 0 aromatic rings. The van der Waals surface area contributed by atoms with Crippen molar-refractivity contribution in [1.29, 1.82) is 0 Å². The van der Waals surface area contributed by atoms with E-state index >= 15 is 0 Å². The Morgan fingerprint density at radius 2 is 1.44 bits per heavy atom. The lowest BCUT2D eigenvalue weighted by Crippen LogP contribution is -2.22. The topological polar surface area (TPSA) is 12.0 Å². The van der Waals surface area contributed by atoms with Gasteiger partial charge in [0.05, 0.1) is 0 Å². The van der Waals surface area contributed by atoms with Gasteiger partial charge in [-0.3, -0.25) is 0 Å². The Hall–Kier alpha value is -1.93. The van der Waals surface area contributed by atoms with Gasteiger partial charge in [0.15, 0.2) is 0 Å². The summed E-state index contributed by atoms with van der Waals surface area (Å²) in [4.78, 5) is 1.17. The quantitative estimate of drug-likeness (QED) is 0.329. The van der Waals surface area contributed by atoms with Crippen molar-refractivity contribution in [1.82, 2.24) is 5.32 Å². The molecule has 0 amide bonds. The molecule has 1 nitrogen and oxygen atoms in total. The van der Waals surface area contributed by atoms with Crippen molar-refractivity contribution in [2.24, 2.45) is 11.8 Å². The fourth-order valence-electron chi connectivity index (χ4n) is 3.43. The highest BCUT2D eigenvalue weighted by Crippen LogP contribution is 2.32. The van der Waals surface area contributed by atoms with Crippen LogP contribution in [0, 0.1) is 11.8 Å². The lowest BCUT2D eigenvalue weighted by atomic mass is 9.81. The molecule has 0 spiro atoms. The third kappa shape index (κ3) is 12.2. The highest BCUT2D eigenvalue weighted by Gasteiger charge is 2.20. The number of hydrogen-bond acceptors (Lipinski definition) is 2. The van der Waals surface area contributed by atoms with Crippen molar-refractivity contribution in [3.63, 3.8) is 0 Å². The van der Waals surface area contributed by atoms with Gasteiger partial charge < -0.3 is 5.32 Å². The smallest absolute Gasteiger partial charge is 0.0142 e. The maximum atomic E-state index is 4.31. The van der Waals surface area contributed by atoms with E-state index in [1.807, 2.05) is 47.0 Å². The van der Waals surface area contributed by atoms with Gasteiger partial charge in [-0.05, 0) is 79.7 Å². The minimum atomic E-state index is 0.569. The van der Waals surface area contributed by atoms with Gasteiger partial charge in [-0.1, -0.05) is 104 Å². The summed E-state index contributed by atoms with van der Waals surface area (Å²) in [6.07, 6.45) is 15.4. The van der Waals surface area contributed by atoms with Crippen molar-refractivity contribution in [2.45, 2.75) is 81.1 Å². The third-order valence-corrected chi connectivity index (χ3v) is 6.13. The number of nitrogens with one attached hydrogen (secondary N) is 1. The third-order valence-electron chi connectivity index (χ3n) is 5.23. The molecule has 0 radical (unpaired) electrons. The van der Waals surface area contributed by atoms with Crippen LogP contribution in [0.1, 0.15) is 81.1 Å². The molecule has 1 saturated carbocycles. The van der Waals surface area contributed by atoms with Crippen LogP contribution in [0.5, 0.6) is 0 Å². The molecule has 1 fully saturated rings. The van der Waals surface area contributed by atoms with E-state index in [-0.39, 0.29) is 0 Å². The first-order chi connectivity index (χ1) is 15.4. The fourth-order valence-corrected chi connectivity index (χ4v) is 4.06. The van der Waals surface area contributed by atoms with Gasteiger partial charge in [-0.2, -0.15) is 0 Å². The highest BCUT2D eigenvalue weighted by molar-refractivity contribution is 8.06. The largest absolute Gasteiger partial charge is 0.363 e. The van der Waals surface area contributed by atoms with Crippen molar-refractivity contribution in [3.05, 3.63) is 95.1 Å². The van der Waals surface area contributed by atoms with E-state index in [1.165, 1.54) is 30.6 Å². The number of allylic oxidation sites excluding steroid dienone is 10. The van der Waals surface area contributed by atoms with E-state index in [2.05, 4.69) is 69.8 Å². The molecule has 0 unspecified atom stereocenters. The SMILES string of the molecule is C=CSC(=C\C)/C(/C=C(/C=C(\C)NC(=C)C1CCC(C)CC1)C(=C)C=C)=C/C.CC.CC. The summed E-state index contributed by atoms with van der Waals surface area (Å²) in [5.74, 6) is 1.42. The summed E-state index contributed by atoms with van der Waals surface area (Å²) >= 11 is 1.63. The molecule has 0 saturated heterocycles. The predicted octanol–water partition coefficient (Wildman–Crippen LogP) is 10.3. The summed E-state index contributed by atoms with van der Waals surface area (Å²) in [6.45, 7) is 32.7. The van der Waals surface area contributed by atoms with Crippen molar-refractivity contribution < 1.29 is 0 Å². The second kappa shape index (κ2) is 19.7. The lowest BCUT2D eigenvalue weighted by Gasteiger charge is -2.28. The summed E-state index contributed by atoms with van der Waals surface area (Å²) in [5.41, 5.74) is 5.30. The van der Waals surface area contributed by atoms with Crippen LogP contribution in [-0.4, -0.2) is 0 Å². The predicted molar refractivity (Wildman–Crippen MR) is 153 cm³/mol. The molecule has 1 aliphatic rings. The summed E-state index contributed by atoms with van der Waals surface area (Å²) in [5, 5.41) is 5.38. The van der Waals surface area contributed by atoms with Gasteiger partial charge in [-0.15, -0.1) is 0 Å². The normalized spacial score (nSPS) is 19.5. The van der Waals surface area contributed by atoms with E-state index in [0.717, 1.165) is 34.0 Å². The maximum absolute atomic E-state index is 4.31. The molecule has 0 aliphatic heterocycles. The van der Waals surface area contributed by atoms with Gasteiger partial charge in [0.25, 0.3) is 0 Å². The first-order valence-corrected chi connectivity index (χ1v) is 13.0. The molecule has 0 atom stereocenters. The first-order valence-electron chi connectivity index (χ1n) is 12.1. The van der Waals surface area contributed by atoms with E-state index < -0.39 is 0 Å². The molecule has 0 bridgehead atoms. The minimum absolute atomic E-state index is 0.569. The van der Waals surface area contributed by atoms with E-state index in [9.17, 15) is 0 Å². The Kier molecular flexibility index (Phi) is 19.9. The van der Waals surface area contributed by atoms with Crippen LogP contribution >= 0.6 is 11.8 Å². The Balaban J connectivity index is 0. The molecule has 2 heteroatoms. The van der Waals surface area contributed by atoms with E-state index in [1.54, 1.807) is 17.8 Å². The van der Waals surface area contributed by atoms with Crippen LogP contribution in [0.25, 0.3) is 0 Å². The lowest BCUT2D eigenvalue weighted by molar-refractivity contribution is 0.314. The highest BCUT2D eigenvalue weighted by atomic mass is 32.2. The van der Waals surface area contributed by atoms with Crippen LogP contribution in [0.4, 0.5) is 0 Å². The van der Waals surface area contributed by atoms with Crippen LogP contribution in [-0.2, 0) is 0 Å². The van der Waals surface area contributed by atoms with E-state index in [4.69, 9.17) is 0 Å². The molecular weight excluding hydrogens is 406 g/mol. The minimum Gasteiger partial charge on any atom is -0.363 e. The van der Waals surface area contributed by atoms with Crippen LogP contribution in [0.2, 0.25) is 0 Å². The zero-order valence-corrected chi connectivity index (χ0v) is 23.0. The average Bonchev–Trinajstić information content (AvgIpc) is 2.82. The molecule has 0 heterocycles. The molecule has 1 N–H and O–H groups in total. The van der Waals surface area contributed by atoms with Gasteiger partial charge >= 0.3 is 0 Å². The Morgan fingerprint density at radius 1 is 0.875 bits per heavy atom. The zero-order chi connectivity index (χ0) is 25.1. The molecule has 1 rings (SSSR count). The summed E-state index contributed by atoms with van der Waals surface area (Å²) in [6, 6.07) is 0. The number of thioether (sulfide) groups is 1. The van der Waals surface area contributed by atoms with Gasteiger partial charge in [-0.25, -0.2) is 0 Å². The molecular formula is C30H49NS. The average molecular weight is 456 g/mol. The monoisotopic (exact) mass is 455 g/mol. The Labute approximate surface area is 204 Å². The van der Waals surface area contributed by atoms with Gasteiger partial charge in [0.1, 0.15) is 0 Å². The van der Waals surface area contributed by atoms with Crippen LogP contribution in [0.3, 0.4) is 0 Å². The van der Waals surface area contributed by atoms with Gasteiger partial charge in [0, 0.05) is 16.3 Å². The zero-order valence-electron chi connectivity index (χ0n) is 22.2. The number of hydrogen-bond donors (Lipinski definition) is 1. The molecule has 1 aliphatic carbocycles.